The van der Waals surface area contributed by atoms with E-state index in [0.29, 0.717) is 0 Å². The third-order valence-electron chi connectivity index (χ3n) is 10.9. The van der Waals surface area contributed by atoms with Gasteiger partial charge < -0.3 is 0 Å². The van der Waals surface area contributed by atoms with Crippen molar-refractivity contribution in [2.24, 2.45) is 0 Å². The molecule has 0 aliphatic carbocycles. The topological polar surface area (TPSA) is 0 Å². The Labute approximate surface area is 305 Å². The summed E-state index contributed by atoms with van der Waals surface area (Å²) >= 11 is 5.74. The molecule has 51 heavy (non-hydrogen) atoms. The van der Waals surface area contributed by atoms with Gasteiger partial charge in [0.1, 0.15) is 0 Å². The van der Waals surface area contributed by atoms with Crippen LogP contribution >= 0.6 is 34.0 Å². The molecule has 3 aromatic heterocycles. The van der Waals surface area contributed by atoms with Crippen LogP contribution in [0.3, 0.4) is 0 Å². The first-order valence-electron chi connectivity index (χ1n) is 17.3. The lowest BCUT2D eigenvalue weighted by molar-refractivity contribution is 1.71. The Kier molecular flexibility index (Phi) is 5.78. The second-order valence-electron chi connectivity index (χ2n) is 13.5. The summed E-state index contributed by atoms with van der Waals surface area (Å²) in [5, 5.41) is 16.0. The minimum absolute atomic E-state index is 1.27. The van der Waals surface area contributed by atoms with Crippen LogP contribution in [0.25, 0.3) is 115 Å². The van der Waals surface area contributed by atoms with Gasteiger partial charge in [-0.1, -0.05) is 127 Å². The summed E-state index contributed by atoms with van der Waals surface area (Å²) in [6, 6.07) is 59.1. The fraction of sp³-hybridized carbons (Fsp3) is 0. The molecule has 236 valence electrons. The minimum atomic E-state index is 1.27. The zero-order valence-electron chi connectivity index (χ0n) is 27.2. The maximum Gasteiger partial charge on any atom is 0.0440 e. The van der Waals surface area contributed by atoms with Gasteiger partial charge in [0.05, 0.1) is 0 Å². The monoisotopic (exact) mass is 698 g/mol. The number of rotatable bonds is 2. The molecule has 0 atom stereocenters. The standard InChI is InChI=1S/C48H26S3/c1-3-13-32-30(11-1)43(31-12-2-4-14-33(31)45(32)37-16-9-19-40-46(37)35-15-6-8-18-39(35)49-40)28-21-24-36-42(26-28)50-41-25-22-27-20-23-34-29-10-5-7-17-38(29)51-48(34)44(27)47(36)41/h1-26H. The van der Waals surface area contributed by atoms with E-state index in [2.05, 4.69) is 158 Å². The van der Waals surface area contributed by atoms with Gasteiger partial charge in [-0.25, -0.2) is 0 Å². The molecule has 12 aromatic rings. The van der Waals surface area contributed by atoms with Crippen molar-refractivity contribution >= 4 is 127 Å². The van der Waals surface area contributed by atoms with Crippen LogP contribution in [0, 0.1) is 0 Å². The summed E-state index contributed by atoms with van der Waals surface area (Å²) in [7, 11) is 0. The van der Waals surface area contributed by atoms with E-state index in [0.717, 1.165) is 0 Å². The molecule has 0 N–H and O–H groups in total. The molecule has 9 aromatic carbocycles. The second kappa shape index (κ2) is 10.5. The first kappa shape index (κ1) is 28.2. The van der Waals surface area contributed by atoms with Crippen LogP contribution in [-0.4, -0.2) is 0 Å². The van der Waals surface area contributed by atoms with Crippen LogP contribution in [0.1, 0.15) is 0 Å². The minimum Gasteiger partial charge on any atom is -0.135 e. The summed E-state index contributed by atoms with van der Waals surface area (Å²) in [6.45, 7) is 0. The molecule has 3 heterocycles. The van der Waals surface area contributed by atoms with Gasteiger partial charge in [-0.15, -0.1) is 34.0 Å². The van der Waals surface area contributed by atoms with Crippen LogP contribution in [0.5, 0.6) is 0 Å². The highest BCUT2D eigenvalue weighted by molar-refractivity contribution is 7.28. The van der Waals surface area contributed by atoms with Gasteiger partial charge in [0.2, 0.25) is 0 Å². The fourth-order valence-electron chi connectivity index (χ4n) is 8.73. The lowest BCUT2D eigenvalue weighted by Gasteiger charge is -2.18. The van der Waals surface area contributed by atoms with Crippen molar-refractivity contribution < 1.29 is 0 Å². The number of hydrogen-bond acceptors (Lipinski definition) is 3. The van der Waals surface area contributed by atoms with Crippen molar-refractivity contribution in [3.8, 4) is 22.3 Å². The molecular formula is C48H26S3. The maximum atomic E-state index is 2.46. The third-order valence-corrected chi connectivity index (χ3v) is 14.3. The first-order chi connectivity index (χ1) is 25.3. The second-order valence-corrected chi connectivity index (χ2v) is 16.7. The summed E-state index contributed by atoms with van der Waals surface area (Å²) < 4.78 is 8.10. The van der Waals surface area contributed by atoms with E-state index < -0.39 is 0 Å². The molecular weight excluding hydrogens is 673 g/mol. The molecule has 0 unspecified atom stereocenters. The van der Waals surface area contributed by atoms with Crippen LogP contribution in [0.4, 0.5) is 0 Å². The van der Waals surface area contributed by atoms with E-state index in [1.165, 1.54) is 115 Å². The Morgan fingerprint density at radius 2 is 0.843 bits per heavy atom. The van der Waals surface area contributed by atoms with Gasteiger partial charge in [-0.05, 0) is 79.5 Å². The van der Waals surface area contributed by atoms with E-state index in [9.17, 15) is 0 Å². The Morgan fingerprint density at radius 3 is 1.61 bits per heavy atom. The quantitative estimate of drug-likeness (QED) is 0.158. The van der Waals surface area contributed by atoms with Gasteiger partial charge in [0, 0.05) is 65.9 Å². The summed E-state index contributed by atoms with van der Waals surface area (Å²) in [5.74, 6) is 0. The molecule has 0 radical (unpaired) electrons. The Morgan fingerprint density at radius 1 is 0.294 bits per heavy atom. The van der Waals surface area contributed by atoms with Crippen molar-refractivity contribution in [1.82, 2.24) is 0 Å². The van der Waals surface area contributed by atoms with E-state index >= 15 is 0 Å². The normalized spacial score (nSPS) is 12.3. The SMILES string of the molecule is c1ccc2c(c1)sc1c2ccc2ccc3sc4cc(-c5c6ccccc6c(-c6cccc7sc8ccccc8c67)c6ccccc56)ccc4c3c21. The van der Waals surface area contributed by atoms with Crippen molar-refractivity contribution in [3.05, 3.63) is 158 Å². The molecule has 0 spiro atoms. The largest absolute Gasteiger partial charge is 0.135 e. The lowest BCUT2D eigenvalue weighted by atomic mass is 9.85. The van der Waals surface area contributed by atoms with Gasteiger partial charge in [-0.2, -0.15) is 0 Å². The molecule has 0 saturated heterocycles. The van der Waals surface area contributed by atoms with Gasteiger partial charge >= 0.3 is 0 Å². The molecule has 0 fully saturated rings. The highest BCUT2D eigenvalue weighted by Gasteiger charge is 2.21. The van der Waals surface area contributed by atoms with Crippen molar-refractivity contribution in [2.45, 2.75) is 0 Å². The van der Waals surface area contributed by atoms with Gasteiger partial charge in [0.25, 0.3) is 0 Å². The predicted octanol–water partition coefficient (Wildman–Crippen LogP) is 15.6. The predicted molar refractivity (Wildman–Crippen MR) is 228 cm³/mol. The van der Waals surface area contributed by atoms with E-state index in [1.54, 1.807) is 0 Å². The third kappa shape index (κ3) is 3.89. The Hall–Kier alpha value is -5.58. The molecule has 0 nitrogen and oxygen atoms in total. The van der Waals surface area contributed by atoms with Crippen LogP contribution in [0.2, 0.25) is 0 Å². The van der Waals surface area contributed by atoms with Gasteiger partial charge in [0.15, 0.2) is 0 Å². The van der Waals surface area contributed by atoms with E-state index in [-0.39, 0.29) is 0 Å². The van der Waals surface area contributed by atoms with Crippen molar-refractivity contribution in [1.29, 1.82) is 0 Å². The molecule has 0 aliphatic heterocycles. The van der Waals surface area contributed by atoms with E-state index in [1.807, 2.05) is 34.0 Å². The average Bonchev–Trinajstić information content (AvgIpc) is 3.88. The zero-order chi connectivity index (χ0) is 33.2. The summed E-state index contributed by atoms with van der Waals surface area (Å²) in [4.78, 5) is 0. The number of thiophene rings is 3. The number of fused-ring (bicyclic) bond motifs is 14. The van der Waals surface area contributed by atoms with Crippen molar-refractivity contribution in [3.63, 3.8) is 0 Å². The summed E-state index contributed by atoms with van der Waals surface area (Å²) in [5.41, 5.74) is 5.20. The van der Waals surface area contributed by atoms with Crippen LogP contribution in [0.15, 0.2) is 158 Å². The van der Waals surface area contributed by atoms with E-state index in [4.69, 9.17) is 0 Å². The first-order valence-corrected chi connectivity index (χ1v) is 19.8. The molecule has 0 amide bonds. The zero-order valence-corrected chi connectivity index (χ0v) is 29.7. The fourth-order valence-corrected chi connectivity index (χ4v) is 12.3. The number of hydrogen-bond donors (Lipinski definition) is 0. The molecule has 0 aliphatic rings. The lowest BCUT2D eigenvalue weighted by Crippen LogP contribution is -1.91. The smallest absolute Gasteiger partial charge is 0.0440 e. The van der Waals surface area contributed by atoms with Crippen LogP contribution in [-0.2, 0) is 0 Å². The Balaban J connectivity index is 1.15. The summed E-state index contributed by atoms with van der Waals surface area (Å²) in [6.07, 6.45) is 0. The number of benzene rings is 9. The molecule has 3 heteroatoms. The Bertz CT molecular complexity index is 3370. The molecule has 12 rings (SSSR count). The van der Waals surface area contributed by atoms with Crippen LogP contribution < -0.4 is 0 Å². The van der Waals surface area contributed by atoms with Gasteiger partial charge in [-0.3, -0.25) is 0 Å². The molecule has 0 saturated carbocycles. The maximum absolute atomic E-state index is 2.46. The van der Waals surface area contributed by atoms with Crippen molar-refractivity contribution in [2.75, 3.05) is 0 Å². The highest BCUT2D eigenvalue weighted by Crippen LogP contribution is 2.50. The highest BCUT2D eigenvalue weighted by atomic mass is 32.1. The average molecular weight is 699 g/mol. The molecule has 0 bridgehead atoms.